The summed E-state index contributed by atoms with van der Waals surface area (Å²) in [4.78, 5) is 20.2. The van der Waals surface area contributed by atoms with Gasteiger partial charge in [-0.15, -0.1) is 0 Å². The van der Waals surface area contributed by atoms with Gasteiger partial charge < -0.3 is 15.2 Å². The van der Waals surface area contributed by atoms with Crippen LogP contribution in [0.2, 0.25) is 0 Å². The molecule has 0 saturated heterocycles. The van der Waals surface area contributed by atoms with Crippen LogP contribution < -0.4 is 10.1 Å². The highest BCUT2D eigenvalue weighted by Crippen LogP contribution is 2.36. The molecule has 0 aliphatic heterocycles. The van der Waals surface area contributed by atoms with Crippen LogP contribution in [0.3, 0.4) is 0 Å². The van der Waals surface area contributed by atoms with Crippen LogP contribution in [0.25, 0.3) is 11.0 Å². The van der Waals surface area contributed by atoms with Gasteiger partial charge in [-0.25, -0.2) is 18.2 Å². The van der Waals surface area contributed by atoms with Crippen LogP contribution in [-0.4, -0.2) is 46.4 Å². The Morgan fingerprint density at radius 3 is 2.42 bits per heavy atom. The standard InChI is InChI=1S/C22H21N5O5S/c1-13-18-19(17(22(28)29)12-24-20(18)27(2)26-13)25-21(14-8-10-23-11-9-14)33(30,31)16-6-4-15(32-3)5-7-16/h4-12,21H,1-3H3,(H,24,25)(H,28,29). The molecule has 0 radical (unpaired) electrons. The van der Waals surface area contributed by atoms with Crippen molar-refractivity contribution in [2.75, 3.05) is 12.4 Å². The number of nitrogens with zero attached hydrogens (tertiary/aromatic N) is 4. The van der Waals surface area contributed by atoms with E-state index in [-0.39, 0.29) is 16.1 Å². The van der Waals surface area contributed by atoms with Crippen LogP contribution in [0, 0.1) is 6.92 Å². The fraction of sp³-hybridized carbons (Fsp3) is 0.182. The molecule has 33 heavy (non-hydrogen) atoms. The number of hydrogen-bond acceptors (Lipinski definition) is 8. The predicted molar refractivity (Wildman–Crippen MR) is 121 cm³/mol. The lowest BCUT2D eigenvalue weighted by molar-refractivity contribution is 0.0697. The Balaban J connectivity index is 1.93. The van der Waals surface area contributed by atoms with E-state index >= 15 is 0 Å². The predicted octanol–water partition coefficient (Wildman–Crippen LogP) is 2.96. The largest absolute Gasteiger partial charge is 0.497 e. The molecule has 10 nitrogen and oxygen atoms in total. The summed E-state index contributed by atoms with van der Waals surface area (Å²) in [6.07, 6.45) is 4.14. The molecule has 4 rings (SSSR count). The quantitative estimate of drug-likeness (QED) is 0.420. The number of anilines is 1. The van der Waals surface area contributed by atoms with Crippen LogP contribution in [0.4, 0.5) is 5.69 Å². The zero-order valence-corrected chi connectivity index (χ0v) is 18.9. The highest BCUT2D eigenvalue weighted by atomic mass is 32.2. The van der Waals surface area contributed by atoms with Crippen molar-refractivity contribution in [1.82, 2.24) is 19.7 Å². The minimum absolute atomic E-state index is 0.0442. The van der Waals surface area contributed by atoms with E-state index in [2.05, 4.69) is 20.4 Å². The summed E-state index contributed by atoms with van der Waals surface area (Å²) in [5.41, 5.74) is 1.29. The number of hydrogen-bond donors (Lipinski definition) is 2. The zero-order chi connectivity index (χ0) is 23.8. The Morgan fingerprint density at radius 2 is 1.82 bits per heavy atom. The molecule has 0 aliphatic rings. The average molecular weight is 468 g/mol. The van der Waals surface area contributed by atoms with E-state index in [9.17, 15) is 18.3 Å². The maximum Gasteiger partial charge on any atom is 0.339 e. The van der Waals surface area contributed by atoms with Gasteiger partial charge in [-0.3, -0.25) is 9.67 Å². The van der Waals surface area contributed by atoms with Crippen LogP contribution in [-0.2, 0) is 16.9 Å². The van der Waals surface area contributed by atoms with Gasteiger partial charge in [0, 0.05) is 25.6 Å². The first-order valence-electron chi connectivity index (χ1n) is 9.84. The minimum atomic E-state index is -4.03. The second-order valence-corrected chi connectivity index (χ2v) is 9.32. The third-order valence-electron chi connectivity index (χ3n) is 5.24. The molecule has 0 spiro atoms. The zero-order valence-electron chi connectivity index (χ0n) is 18.1. The van der Waals surface area contributed by atoms with Crippen molar-refractivity contribution >= 4 is 32.5 Å². The first-order valence-corrected chi connectivity index (χ1v) is 11.4. The van der Waals surface area contributed by atoms with Crippen molar-refractivity contribution in [3.8, 4) is 5.75 Å². The van der Waals surface area contributed by atoms with E-state index in [0.29, 0.717) is 28.0 Å². The second-order valence-electron chi connectivity index (χ2n) is 7.29. The summed E-state index contributed by atoms with van der Waals surface area (Å²) in [6, 6.07) is 9.12. The molecule has 2 N–H and O–H groups in total. The number of pyridine rings is 2. The third-order valence-corrected chi connectivity index (χ3v) is 7.18. The number of carboxylic acids is 1. The van der Waals surface area contributed by atoms with Crippen molar-refractivity contribution in [3.63, 3.8) is 0 Å². The van der Waals surface area contributed by atoms with Gasteiger partial charge in [0.15, 0.2) is 11.0 Å². The molecule has 3 aromatic heterocycles. The van der Waals surface area contributed by atoms with E-state index in [1.54, 1.807) is 38.2 Å². The summed E-state index contributed by atoms with van der Waals surface area (Å²) in [5, 5.41) is 16.2. The third kappa shape index (κ3) is 3.98. The van der Waals surface area contributed by atoms with E-state index in [1.807, 2.05) is 0 Å². The average Bonchev–Trinajstić information content (AvgIpc) is 3.11. The molecular formula is C22H21N5O5S. The van der Waals surface area contributed by atoms with Gasteiger partial charge in [0.2, 0.25) is 9.84 Å². The summed E-state index contributed by atoms with van der Waals surface area (Å²) < 4.78 is 34.1. The smallest absolute Gasteiger partial charge is 0.339 e. The van der Waals surface area contributed by atoms with E-state index in [1.165, 1.54) is 42.5 Å². The summed E-state index contributed by atoms with van der Waals surface area (Å²) in [6.45, 7) is 1.71. The Bertz CT molecular complexity index is 1430. The van der Waals surface area contributed by atoms with E-state index in [4.69, 9.17) is 4.74 Å². The molecule has 3 heterocycles. The van der Waals surface area contributed by atoms with Crippen molar-refractivity contribution < 1.29 is 23.1 Å². The van der Waals surface area contributed by atoms with E-state index < -0.39 is 21.2 Å². The summed E-state index contributed by atoms with van der Waals surface area (Å²) in [7, 11) is -0.859. The molecule has 0 aliphatic carbocycles. The van der Waals surface area contributed by atoms with Gasteiger partial charge in [0.1, 0.15) is 11.3 Å². The number of ether oxygens (including phenoxy) is 1. The van der Waals surface area contributed by atoms with Gasteiger partial charge in [0.05, 0.1) is 28.8 Å². The highest BCUT2D eigenvalue weighted by molar-refractivity contribution is 7.91. The number of nitrogens with one attached hydrogen (secondary N) is 1. The maximum absolute atomic E-state index is 13.7. The lowest BCUT2D eigenvalue weighted by atomic mass is 10.1. The van der Waals surface area contributed by atoms with Crippen molar-refractivity contribution in [2.24, 2.45) is 7.05 Å². The topological polar surface area (TPSA) is 136 Å². The number of carboxylic acid groups (broad SMARTS) is 1. The van der Waals surface area contributed by atoms with Gasteiger partial charge in [-0.2, -0.15) is 5.10 Å². The Labute approximate surface area is 189 Å². The fourth-order valence-corrected chi connectivity index (χ4v) is 5.21. The maximum atomic E-state index is 13.7. The number of benzene rings is 1. The van der Waals surface area contributed by atoms with Gasteiger partial charge in [0.25, 0.3) is 0 Å². The van der Waals surface area contributed by atoms with Gasteiger partial charge in [-0.05, 0) is 48.9 Å². The fourth-order valence-electron chi connectivity index (χ4n) is 3.63. The number of carbonyl (C=O) groups is 1. The monoisotopic (exact) mass is 467 g/mol. The lowest BCUT2D eigenvalue weighted by Crippen LogP contribution is -2.23. The Hall–Kier alpha value is -3.99. The van der Waals surface area contributed by atoms with Crippen molar-refractivity contribution in [3.05, 3.63) is 71.8 Å². The number of sulfone groups is 1. The highest BCUT2D eigenvalue weighted by Gasteiger charge is 2.32. The Morgan fingerprint density at radius 1 is 1.15 bits per heavy atom. The van der Waals surface area contributed by atoms with Crippen molar-refractivity contribution in [2.45, 2.75) is 17.2 Å². The van der Waals surface area contributed by atoms with Crippen LogP contribution in [0.1, 0.15) is 27.0 Å². The van der Waals surface area contributed by atoms with Crippen molar-refractivity contribution in [1.29, 1.82) is 0 Å². The molecule has 0 saturated carbocycles. The Kier molecular flexibility index (Phi) is 5.73. The normalized spacial score (nSPS) is 12.5. The number of aromatic nitrogens is 4. The molecular weight excluding hydrogens is 446 g/mol. The molecule has 1 aromatic carbocycles. The number of aromatic carboxylic acids is 1. The summed E-state index contributed by atoms with van der Waals surface area (Å²) in [5.74, 6) is -0.733. The first-order chi connectivity index (χ1) is 15.7. The van der Waals surface area contributed by atoms with Gasteiger partial charge >= 0.3 is 5.97 Å². The van der Waals surface area contributed by atoms with Gasteiger partial charge in [-0.1, -0.05) is 0 Å². The molecule has 0 amide bonds. The number of fused-ring (bicyclic) bond motifs is 1. The number of rotatable bonds is 7. The number of aryl methyl sites for hydroxylation is 2. The SMILES string of the molecule is COc1ccc(S(=O)(=O)C(Nc2c(C(=O)O)cnc3c2c(C)nn3C)c2ccncc2)cc1. The van der Waals surface area contributed by atoms with E-state index in [0.717, 1.165) is 0 Å². The molecule has 0 fully saturated rings. The second kappa shape index (κ2) is 8.51. The minimum Gasteiger partial charge on any atom is -0.497 e. The molecule has 4 aromatic rings. The van der Waals surface area contributed by atoms with Crippen LogP contribution in [0.15, 0.2) is 59.9 Å². The molecule has 11 heteroatoms. The molecule has 170 valence electrons. The molecule has 1 unspecified atom stereocenters. The number of methoxy groups -OCH3 is 1. The first kappa shape index (κ1) is 22.2. The molecule has 1 atom stereocenters. The summed E-state index contributed by atoms with van der Waals surface area (Å²) >= 11 is 0. The lowest BCUT2D eigenvalue weighted by Gasteiger charge is -2.22. The van der Waals surface area contributed by atoms with Crippen LogP contribution >= 0.6 is 0 Å². The molecule has 0 bridgehead atoms. The van der Waals surface area contributed by atoms with Crippen LogP contribution in [0.5, 0.6) is 5.75 Å².